The monoisotopic (exact) mass is 254 g/mol. The zero-order valence-corrected chi connectivity index (χ0v) is 11.4. The van der Waals surface area contributed by atoms with Crippen molar-refractivity contribution in [1.82, 2.24) is 10.2 Å². The van der Waals surface area contributed by atoms with Crippen LogP contribution >= 0.6 is 0 Å². The highest BCUT2D eigenvalue weighted by molar-refractivity contribution is 5.80. The lowest BCUT2D eigenvalue weighted by atomic mass is 10.0. The first-order valence-electron chi connectivity index (χ1n) is 7.07. The van der Waals surface area contributed by atoms with E-state index in [1.54, 1.807) is 0 Å². The van der Waals surface area contributed by atoms with Crippen LogP contribution < -0.4 is 11.1 Å². The molecule has 0 amide bonds. The predicted octanol–water partition coefficient (Wildman–Crippen LogP) is 0.835. The second-order valence-corrected chi connectivity index (χ2v) is 5.95. The molecule has 1 aliphatic carbocycles. The Morgan fingerprint density at radius 2 is 2.33 bits per heavy atom. The summed E-state index contributed by atoms with van der Waals surface area (Å²) in [4.78, 5) is 2.51. The fourth-order valence-corrected chi connectivity index (χ4v) is 2.92. The Morgan fingerprint density at radius 1 is 1.56 bits per heavy atom. The lowest BCUT2D eigenvalue weighted by Gasteiger charge is -2.18. The average Bonchev–Trinajstić information content (AvgIpc) is 2.97. The number of oxime groups is 1. The van der Waals surface area contributed by atoms with Gasteiger partial charge in [-0.15, -0.1) is 0 Å². The van der Waals surface area contributed by atoms with Gasteiger partial charge in [-0.1, -0.05) is 12.1 Å². The van der Waals surface area contributed by atoms with Gasteiger partial charge in [0.15, 0.2) is 0 Å². The molecule has 0 aromatic heterocycles. The third-order valence-corrected chi connectivity index (χ3v) is 4.39. The van der Waals surface area contributed by atoms with Crippen LogP contribution in [0.5, 0.6) is 0 Å². The topological polar surface area (TPSA) is 73.9 Å². The van der Waals surface area contributed by atoms with Crippen molar-refractivity contribution in [3.63, 3.8) is 0 Å². The molecule has 5 heteroatoms. The highest BCUT2D eigenvalue weighted by atomic mass is 16.4. The van der Waals surface area contributed by atoms with Gasteiger partial charge in [0, 0.05) is 19.5 Å². The van der Waals surface area contributed by atoms with Crippen molar-refractivity contribution in [1.29, 1.82) is 0 Å². The molecule has 0 radical (unpaired) electrons. The number of hydrogen-bond donors (Lipinski definition) is 3. The van der Waals surface area contributed by atoms with Gasteiger partial charge in [-0.25, -0.2) is 0 Å². The summed E-state index contributed by atoms with van der Waals surface area (Å²) in [7, 11) is 0. The molecule has 2 aliphatic rings. The van der Waals surface area contributed by atoms with Crippen LogP contribution in [-0.2, 0) is 0 Å². The zero-order chi connectivity index (χ0) is 13.0. The third kappa shape index (κ3) is 3.59. The van der Waals surface area contributed by atoms with E-state index in [1.807, 2.05) is 0 Å². The summed E-state index contributed by atoms with van der Waals surface area (Å²) in [5, 5.41) is 15.3. The summed E-state index contributed by atoms with van der Waals surface area (Å²) in [6.07, 6.45) is 4.43. The second-order valence-electron chi connectivity index (χ2n) is 5.95. The lowest BCUT2D eigenvalue weighted by molar-refractivity contribution is 0.313. The molecule has 18 heavy (non-hydrogen) atoms. The molecule has 0 aromatic rings. The van der Waals surface area contributed by atoms with E-state index in [1.165, 1.54) is 38.9 Å². The van der Waals surface area contributed by atoms with E-state index >= 15 is 0 Å². The number of nitrogens with one attached hydrogen (secondary N) is 1. The predicted molar refractivity (Wildman–Crippen MR) is 72.8 cm³/mol. The Balaban J connectivity index is 1.64. The molecule has 2 rings (SSSR count). The quantitative estimate of drug-likeness (QED) is 0.272. The maximum atomic E-state index is 8.62. The summed E-state index contributed by atoms with van der Waals surface area (Å²) >= 11 is 0. The first-order chi connectivity index (χ1) is 8.67. The van der Waals surface area contributed by atoms with E-state index in [2.05, 4.69) is 22.3 Å². The first kappa shape index (κ1) is 13.6. The number of hydrogen-bond acceptors (Lipinski definition) is 4. The van der Waals surface area contributed by atoms with Gasteiger partial charge in [-0.2, -0.15) is 0 Å². The maximum Gasteiger partial charge on any atom is 0.139 e. The molecular formula is C13H26N4O. The highest BCUT2D eigenvalue weighted by Crippen LogP contribution is 2.48. The van der Waals surface area contributed by atoms with Gasteiger partial charge in [0.05, 0.1) is 0 Å². The zero-order valence-electron chi connectivity index (χ0n) is 11.4. The number of nitrogens with two attached hydrogens (primary N) is 1. The maximum absolute atomic E-state index is 8.62. The Bertz CT molecular complexity index is 301. The molecule has 1 unspecified atom stereocenters. The SMILES string of the molecule is CCN1CCC(CNCC2(CC(N)=NO)CC2)C1. The molecule has 1 saturated heterocycles. The van der Waals surface area contributed by atoms with Crippen molar-refractivity contribution < 1.29 is 5.21 Å². The van der Waals surface area contributed by atoms with E-state index in [9.17, 15) is 0 Å². The van der Waals surface area contributed by atoms with Crippen LogP contribution in [0.15, 0.2) is 5.16 Å². The third-order valence-electron chi connectivity index (χ3n) is 4.39. The largest absolute Gasteiger partial charge is 0.409 e. The van der Waals surface area contributed by atoms with Crippen molar-refractivity contribution in [2.24, 2.45) is 22.2 Å². The molecular weight excluding hydrogens is 228 g/mol. The van der Waals surface area contributed by atoms with Gasteiger partial charge in [0.25, 0.3) is 0 Å². The second kappa shape index (κ2) is 5.89. The molecule has 2 fully saturated rings. The lowest BCUT2D eigenvalue weighted by Crippen LogP contribution is -2.32. The van der Waals surface area contributed by atoms with Gasteiger partial charge in [0.1, 0.15) is 5.84 Å². The van der Waals surface area contributed by atoms with E-state index < -0.39 is 0 Å². The van der Waals surface area contributed by atoms with Crippen molar-refractivity contribution in [3.8, 4) is 0 Å². The van der Waals surface area contributed by atoms with E-state index in [-0.39, 0.29) is 5.41 Å². The van der Waals surface area contributed by atoms with Crippen LogP contribution in [0.4, 0.5) is 0 Å². The van der Waals surface area contributed by atoms with Crippen molar-refractivity contribution in [3.05, 3.63) is 0 Å². The van der Waals surface area contributed by atoms with E-state index in [4.69, 9.17) is 10.9 Å². The Hall–Kier alpha value is -0.810. The molecule has 1 saturated carbocycles. The molecule has 0 spiro atoms. The van der Waals surface area contributed by atoms with Crippen LogP contribution in [0.2, 0.25) is 0 Å². The number of amidine groups is 1. The Kier molecular flexibility index (Phi) is 4.45. The number of likely N-dealkylation sites (tertiary alicyclic amines) is 1. The van der Waals surface area contributed by atoms with E-state index in [0.29, 0.717) is 5.84 Å². The molecule has 1 aliphatic heterocycles. The van der Waals surface area contributed by atoms with Gasteiger partial charge in [-0.3, -0.25) is 0 Å². The molecule has 0 bridgehead atoms. The molecule has 104 valence electrons. The normalized spacial score (nSPS) is 27.6. The van der Waals surface area contributed by atoms with Crippen LogP contribution in [0.25, 0.3) is 0 Å². The van der Waals surface area contributed by atoms with Gasteiger partial charge in [-0.05, 0) is 50.2 Å². The van der Waals surface area contributed by atoms with Crippen molar-refractivity contribution >= 4 is 5.84 Å². The summed E-state index contributed by atoms with van der Waals surface area (Å²) < 4.78 is 0. The van der Waals surface area contributed by atoms with E-state index in [0.717, 1.165) is 25.4 Å². The van der Waals surface area contributed by atoms with Gasteiger partial charge < -0.3 is 21.2 Å². The van der Waals surface area contributed by atoms with Crippen LogP contribution in [0, 0.1) is 11.3 Å². The first-order valence-corrected chi connectivity index (χ1v) is 7.07. The molecule has 5 nitrogen and oxygen atoms in total. The minimum Gasteiger partial charge on any atom is -0.409 e. The highest BCUT2D eigenvalue weighted by Gasteiger charge is 2.43. The minimum absolute atomic E-state index is 0.277. The summed E-state index contributed by atoms with van der Waals surface area (Å²) in [6.45, 7) is 7.99. The fraction of sp³-hybridized carbons (Fsp3) is 0.923. The van der Waals surface area contributed by atoms with Gasteiger partial charge >= 0.3 is 0 Å². The molecule has 0 aromatic carbocycles. The molecule has 4 N–H and O–H groups in total. The molecule has 1 atom stereocenters. The smallest absolute Gasteiger partial charge is 0.139 e. The summed E-state index contributed by atoms with van der Waals surface area (Å²) in [5.74, 6) is 1.16. The van der Waals surface area contributed by atoms with Crippen LogP contribution in [0.1, 0.15) is 32.6 Å². The number of nitrogens with zero attached hydrogens (tertiary/aromatic N) is 2. The number of rotatable bonds is 7. The van der Waals surface area contributed by atoms with Crippen LogP contribution in [0.3, 0.4) is 0 Å². The van der Waals surface area contributed by atoms with Crippen LogP contribution in [-0.4, -0.2) is 48.7 Å². The Morgan fingerprint density at radius 3 is 2.89 bits per heavy atom. The Labute approximate surface area is 109 Å². The summed E-state index contributed by atoms with van der Waals surface area (Å²) in [5.41, 5.74) is 5.87. The average molecular weight is 254 g/mol. The minimum atomic E-state index is 0.277. The van der Waals surface area contributed by atoms with Crippen molar-refractivity contribution in [2.75, 3.05) is 32.7 Å². The van der Waals surface area contributed by atoms with Crippen molar-refractivity contribution in [2.45, 2.75) is 32.6 Å². The fourth-order valence-electron chi connectivity index (χ4n) is 2.92. The molecule has 1 heterocycles. The standard InChI is InChI=1S/C13H26N4O/c1-2-17-6-3-11(9-17)8-15-10-13(4-5-13)7-12(14)16-18/h11,15,18H,2-10H2,1H3,(H2,14,16). The van der Waals surface area contributed by atoms with Gasteiger partial charge in [0.2, 0.25) is 0 Å². The summed E-state index contributed by atoms with van der Waals surface area (Å²) in [6, 6.07) is 0.